The fourth-order valence-electron chi connectivity index (χ4n) is 1.60. The first kappa shape index (κ1) is 17.2. The Bertz CT molecular complexity index is 549. The molecular weight excluding hydrogens is 284 g/mol. The highest BCUT2D eigenvalue weighted by Crippen LogP contribution is 2.02. The molecule has 0 saturated carbocycles. The number of aliphatic carboxylic acids is 1. The normalized spacial score (nSPS) is 10.1. The largest absolute Gasteiger partial charge is 0.481 e. The highest BCUT2D eigenvalue weighted by atomic mass is 16.6. The number of terminal acetylenes is 1. The Balaban J connectivity index is 2.42. The van der Waals surface area contributed by atoms with Gasteiger partial charge in [0.1, 0.15) is 12.9 Å². The number of carboxylic acid groups (broad SMARTS) is 1. The molecule has 0 saturated heterocycles. The van der Waals surface area contributed by atoms with Crippen molar-refractivity contribution < 1.29 is 19.5 Å². The number of amides is 1. The molecule has 22 heavy (non-hydrogen) atoms. The number of carbonyl (C=O) groups is 2. The summed E-state index contributed by atoms with van der Waals surface area (Å²) in [5, 5.41) is 12.3. The lowest BCUT2D eigenvalue weighted by atomic mass is 10.2. The number of carboxylic acids is 1. The quantitative estimate of drug-likeness (QED) is 0.327. The third-order valence-electron chi connectivity index (χ3n) is 2.70. The van der Waals surface area contributed by atoms with Crippen LogP contribution >= 0.6 is 0 Å². The first-order chi connectivity index (χ1) is 10.6. The zero-order valence-corrected chi connectivity index (χ0v) is 12.1. The van der Waals surface area contributed by atoms with Crippen LogP contribution in [0.15, 0.2) is 35.5 Å². The average molecular weight is 302 g/mol. The predicted molar refractivity (Wildman–Crippen MR) is 81.8 cm³/mol. The Kier molecular flexibility index (Phi) is 7.83. The van der Waals surface area contributed by atoms with Crippen LogP contribution in [0.3, 0.4) is 0 Å². The lowest BCUT2D eigenvalue weighted by molar-refractivity contribution is -0.137. The van der Waals surface area contributed by atoms with Crippen molar-refractivity contribution in [2.75, 3.05) is 6.54 Å². The van der Waals surface area contributed by atoms with Gasteiger partial charge in [-0.05, 0) is 12.0 Å². The predicted octanol–water partition coefficient (Wildman–Crippen LogP) is 1.86. The maximum absolute atomic E-state index is 11.9. The van der Waals surface area contributed by atoms with Gasteiger partial charge in [0.25, 0.3) is 0 Å². The van der Waals surface area contributed by atoms with Gasteiger partial charge in [0.05, 0.1) is 6.54 Å². The van der Waals surface area contributed by atoms with E-state index in [4.69, 9.17) is 16.4 Å². The van der Waals surface area contributed by atoms with Crippen LogP contribution in [0.4, 0.5) is 0 Å². The zero-order valence-electron chi connectivity index (χ0n) is 12.1. The number of hydrogen-bond donors (Lipinski definition) is 1. The molecule has 6 nitrogen and oxygen atoms in total. The van der Waals surface area contributed by atoms with Crippen molar-refractivity contribution >= 4 is 18.2 Å². The van der Waals surface area contributed by atoms with Crippen LogP contribution in [0, 0.1) is 12.3 Å². The molecule has 0 atom stereocenters. The molecule has 0 aliphatic rings. The van der Waals surface area contributed by atoms with E-state index in [9.17, 15) is 9.59 Å². The summed E-state index contributed by atoms with van der Waals surface area (Å²) in [5.41, 5.74) is 0.955. The van der Waals surface area contributed by atoms with Crippen LogP contribution in [0.1, 0.15) is 24.8 Å². The summed E-state index contributed by atoms with van der Waals surface area (Å²) >= 11 is 0. The Morgan fingerprint density at radius 1 is 1.32 bits per heavy atom. The molecule has 0 fully saturated rings. The van der Waals surface area contributed by atoms with Crippen molar-refractivity contribution in [3.05, 3.63) is 35.9 Å². The number of oxime groups is 1. The molecule has 1 N–H and O–H groups in total. The van der Waals surface area contributed by atoms with E-state index in [0.717, 1.165) is 5.56 Å². The lowest BCUT2D eigenvalue weighted by Crippen LogP contribution is -2.30. The molecule has 0 unspecified atom stereocenters. The lowest BCUT2D eigenvalue weighted by Gasteiger charge is -2.13. The van der Waals surface area contributed by atoms with Crippen molar-refractivity contribution in [3.8, 4) is 12.3 Å². The van der Waals surface area contributed by atoms with Gasteiger partial charge in [0, 0.05) is 12.8 Å². The first-order valence-electron chi connectivity index (χ1n) is 6.77. The highest BCUT2D eigenvalue weighted by Gasteiger charge is 2.11. The SMILES string of the molecule is C#CCN(/C=N/OCc1ccccc1)C(=O)CCCC(=O)O. The third kappa shape index (κ3) is 7.10. The van der Waals surface area contributed by atoms with E-state index >= 15 is 0 Å². The fraction of sp³-hybridized carbons (Fsp3) is 0.312. The summed E-state index contributed by atoms with van der Waals surface area (Å²) in [6.07, 6.45) is 6.72. The fourth-order valence-corrected chi connectivity index (χ4v) is 1.60. The molecule has 0 heterocycles. The van der Waals surface area contributed by atoms with Crippen LogP contribution in [0.25, 0.3) is 0 Å². The van der Waals surface area contributed by atoms with Gasteiger partial charge in [-0.25, -0.2) is 0 Å². The molecular formula is C16H18N2O4. The molecule has 1 aromatic rings. The van der Waals surface area contributed by atoms with E-state index < -0.39 is 5.97 Å². The third-order valence-corrected chi connectivity index (χ3v) is 2.70. The Morgan fingerprint density at radius 3 is 2.68 bits per heavy atom. The standard InChI is InChI=1S/C16H18N2O4/c1-2-11-18(15(19)9-6-10-16(20)21)13-17-22-12-14-7-4-3-5-8-14/h1,3-5,7-8,13H,6,9-12H2,(H,20,21)/b17-13+. The molecule has 6 heteroatoms. The molecule has 116 valence electrons. The number of rotatable bonds is 9. The maximum atomic E-state index is 11.9. The summed E-state index contributed by atoms with van der Waals surface area (Å²) in [6, 6.07) is 9.47. The second-order valence-corrected chi connectivity index (χ2v) is 4.45. The van der Waals surface area contributed by atoms with Crippen molar-refractivity contribution in [3.63, 3.8) is 0 Å². The Hall–Kier alpha value is -2.81. The maximum Gasteiger partial charge on any atom is 0.303 e. The molecule has 1 rings (SSSR count). The summed E-state index contributed by atoms with van der Waals surface area (Å²) in [5.74, 6) is 1.13. The molecule has 1 aromatic carbocycles. The molecule has 0 aromatic heterocycles. The monoisotopic (exact) mass is 302 g/mol. The van der Waals surface area contributed by atoms with Crippen LogP contribution < -0.4 is 0 Å². The minimum atomic E-state index is -0.934. The van der Waals surface area contributed by atoms with Crippen molar-refractivity contribution in [1.82, 2.24) is 4.90 Å². The van der Waals surface area contributed by atoms with E-state index in [0.29, 0.717) is 0 Å². The Labute approximate surface area is 129 Å². The summed E-state index contributed by atoms with van der Waals surface area (Å²) in [6.45, 7) is 0.346. The first-order valence-corrected chi connectivity index (χ1v) is 6.77. The van der Waals surface area contributed by atoms with Crippen molar-refractivity contribution in [1.29, 1.82) is 0 Å². The molecule has 0 bridgehead atoms. The summed E-state index contributed by atoms with van der Waals surface area (Å²) in [7, 11) is 0. The van der Waals surface area contributed by atoms with E-state index in [1.54, 1.807) is 0 Å². The van der Waals surface area contributed by atoms with Crippen molar-refractivity contribution in [2.45, 2.75) is 25.9 Å². The minimum Gasteiger partial charge on any atom is -0.481 e. The Morgan fingerprint density at radius 2 is 2.05 bits per heavy atom. The second kappa shape index (κ2) is 10.00. The number of carbonyl (C=O) groups excluding carboxylic acids is 1. The van der Waals surface area contributed by atoms with Crippen LogP contribution in [-0.2, 0) is 21.0 Å². The minimum absolute atomic E-state index is 0.0583. The van der Waals surface area contributed by atoms with Gasteiger partial charge < -0.3 is 9.94 Å². The number of benzene rings is 1. The topological polar surface area (TPSA) is 79.2 Å². The van der Waals surface area contributed by atoms with Gasteiger partial charge in [-0.2, -0.15) is 0 Å². The van der Waals surface area contributed by atoms with Gasteiger partial charge in [-0.1, -0.05) is 41.4 Å². The molecule has 0 spiro atoms. The van der Waals surface area contributed by atoms with Gasteiger partial charge in [-0.15, -0.1) is 6.42 Å². The number of hydrogen-bond acceptors (Lipinski definition) is 4. The van der Waals surface area contributed by atoms with E-state index in [-0.39, 0.29) is 38.3 Å². The molecule has 0 aliphatic carbocycles. The van der Waals surface area contributed by atoms with Crippen LogP contribution in [0.5, 0.6) is 0 Å². The van der Waals surface area contributed by atoms with Gasteiger partial charge in [0.2, 0.25) is 5.91 Å². The van der Waals surface area contributed by atoms with Gasteiger partial charge >= 0.3 is 5.97 Å². The van der Waals surface area contributed by atoms with E-state index in [2.05, 4.69) is 11.1 Å². The highest BCUT2D eigenvalue weighted by molar-refractivity contribution is 5.88. The second-order valence-electron chi connectivity index (χ2n) is 4.45. The van der Waals surface area contributed by atoms with E-state index in [1.807, 2.05) is 30.3 Å². The summed E-state index contributed by atoms with van der Waals surface area (Å²) in [4.78, 5) is 28.6. The zero-order chi connectivity index (χ0) is 16.2. The number of nitrogens with zero attached hydrogens (tertiary/aromatic N) is 2. The average Bonchev–Trinajstić information content (AvgIpc) is 2.51. The summed E-state index contributed by atoms with van der Waals surface area (Å²) < 4.78 is 0. The smallest absolute Gasteiger partial charge is 0.303 e. The molecule has 1 amide bonds. The van der Waals surface area contributed by atoms with Crippen LogP contribution in [-0.4, -0.2) is 34.8 Å². The van der Waals surface area contributed by atoms with Gasteiger partial charge in [0.15, 0.2) is 0 Å². The van der Waals surface area contributed by atoms with Crippen LogP contribution in [0.2, 0.25) is 0 Å². The van der Waals surface area contributed by atoms with E-state index in [1.165, 1.54) is 11.2 Å². The van der Waals surface area contributed by atoms with Crippen molar-refractivity contribution in [2.24, 2.45) is 5.16 Å². The van der Waals surface area contributed by atoms with Gasteiger partial charge in [-0.3, -0.25) is 14.5 Å². The molecule has 0 aliphatic heterocycles. The molecule has 0 radical (unpaired) electrons.